The lowest BCUT2D eigenvalue weighted by atomic mass is 9.52. The molecule has 0 heterocycles. The summed E-state index contributed by atoms with van der Waals surface area (Å²) in [4.78, 5) is 91.9. The van der Waals surface area contributed by atoms with Gasteiger partial charge in [0.05, 0.1) is 29.3 Å². The van der Waals surface area contributed by atoms with E-state index in [1.54, 1.807) is 0 Å². The normalized spacial score (nSPS) is 30.7. The first-order valence-corrected chi connectivity index (χ1v) is 14.2. The van der Waals surface area contributed by atoms with Crippen LogP contribution in [0.15, 0.2) is 12.1 Å². The summed E-state index contributed by atoms with van der Waals surface area (Å²) in [5.74, 6) is -13.3. The number of anilines is 1. The van der Waals surface area contributed by atoms with Crippen LogP contribution in [0.5, 0.6) is 5.75 Å². The van der Waals surface area contributed by atoms with Gasteiger partial charge < -0.3 is 31.7 Å². The van der Waals surface area contributed by atoms with Crippen LogP contribution in [0.2, 0.25) is 0 Å². The summed E-state index contributed by atoms with van der Waals surface area (Å²) in [7, 11) is 3.02. The molecule has 7 N–H and O–H groups in total. The first kappa shape index (κ1) is 30.4. The molecule has 0 spiro atoms. The zero-order chi connectivity index (χ0) is 31.5. The summed E-state index contributed by atoms with van der Waals surface area (Å²) in [5.41, 5.74) is 2.50. The first-order valence-electron chi connectivity index (χ1n) is 14.2. The molecule has 4 aliphatic carbocycles. The molecule has 1 aromatic carbocycles. The summed E-state index contributed by atoms with van der Waals surface area (Å²) in [6, 6.07) is 0.943. The molecular formula is C29H34N4O10. The van der Waals surface area contributed by atoms with Crippen LogP contribution in [0.4, 0.5) is 5.69 Å². The van der Waals surface area contributed by atoms with E-state index in [9.17, 15) is 43.8 Å². The molecule has 3 fully saturated rings. The Hall–Kier alpha value is -4.01. The topological polar surface area (TPSA) is 233 Å². The number of rotatable bonds is 9. The van der Waals surface area contributed by atoms with Crippen LogP contribution in [0.1, 0.15) is 48.0 Å². The molecule has 0 bridgehead atoms. The number of Topliss-reactive ketones (excluding diaryl/α,β-unsaturated/α-hetero) is 4. The fraction of sp³-hybridized carbons (Fsp3) is 0.552. The number of benzene rings is 1. The smallest absolute Gasteiger partial charge is 0.303 e. The third kappa shape index (κ3) is 5.02. The van der Waals surface area contributed by atoms with Gasteiger partial charge in [0.15, 0.2) is 34.7 Å². The van der Waals surface area contributed by atoms with Gasteiger partial charge in [-0.3, -0.25) is 38.5 Å². The van der Waals surface area contributed by atoms with E-state index < -0.39 is 88.0 Å². The number of phenolic OH excluding ortho intramolecular Hbond substituents is 1. The number of carbonyl (C=O) groups is 7. The number of nitrogens with two attached hydrogens (primary N) is 1. The van der Waals surface area contributed by atoms with Gasteiger partial charge in [0.25, 0.3) is 0 Å². The molecule has 5 unspecified atom stereocenters. The van der Waals surface area contributed by atoms with Crippen molar-refractivity contribution in [3.8, 4) is 5.75 Å². The highest BCUT2D eigenvalue weighted by atomic mass is 16.4. The van der Waals surface area contributed by atoms with Crippen LogP contribution < -0.4 is 16.4 Å². The van der Waals surface area contributed by atoms with Gasteiger partial charge in [-0.05, 0) is 63.7 Å². The lowest BCUT2D eigenvalue weighted by Crippen LogP contribution is -2.74. The van der Waals surface area contributed by atoms with Gasteiger partial charge in [0.1, 0.15) is 5.75 Å². The molecule has 0 aliphatic heterocycles. The van der Waals surface area contributed by atoms with Crippen molar-refractivity contribution in [2.24, 2.45) is 29.4 Å². The van der Waals surface area contributed by atoms with Gasteiger partial charge in [0.2, 0.25) is 11.8 Å². The number of aliphatic hydroxyl groups is 1. The number of carboxylic acids is 1. The van der Waals surface area contributed by atoms with Gasteiger partial charge in [-0.2, -0.15) is 0 Å². The maximum atomic E-state index is 13.9. The first-order chi connectivity index (χ1) is 20.2. The van der Waals surface area contributed by atoms with Crippen LogP contribution in [0.3, 0.4) is 0 Å². The Morgan fingerprint density at radius 3 is 2.37 bits per heavy atom. The predicted molar refractivity (Wildman–Crippen MR) is 147 cm³/mol. The number of hydrogen-bond donors (Lipinski definition) is 6. The van der Waals surface area contributed by atoms with Crippen molar-refractivity contribution < 1.29 is 48.9 Å². The molecular weight excluding hydrogens is 564 g/mol. The minimum atomic E-state index is -2.83. The number of carboxylic acid groups (broad SMARTS) is 1. The monoisotopic (exact) mass is 598 g/mol. The summed E-state index contributed by atoms with van der Waals surface area (Å²) >= 11 is 0. The van der Waals surface area contributed by atoms with E-state index in [0.29, 0.717) is 5.56 Å². The number of phenols is 1. The van der Waals surface area contributed by atoms with Gasteiger partial charge in [-0.25, -0.2) is 0 Å². The highest BCUT2D eigenvalue weighted by Crippen LogP contribution is 2.51. The van der Waals surface area contributed by atoms with Crippen molar-refractivity contribution in [1.29, 1.82) is 0 Å². The van der Waals surface area contributed by atoms with E-state index in [2.05, 4.69) is 10.6 Å². The molecule has 3 saturated carbocycles. The second kappa shape index (κ2) is 10.9. The quantitative estimate of drug-likeness (QED) is 0.145. The largest absolute Gasteiger partial charge is 0.505 e. The maximum absolute atomic E-state index is 13.9. The number of likely N-dealkylation sites (N-methyl/N-ethyl adjacent to an activating group) is 1. The number of ketones is 4. The highest BCUT2D eigenvalue weighted by molar-refractivity contribution is 6.32. The Morgan fingerprint density at radius 2 is 1.79 bits per heavy atom. The number of aliphatic carboxylic acids is 1. The Balaban J connectivity index is 1.47. The van der Waals surface area contributed by atoms with Crippen LogP contribution in [0.25, 0.3) is 0 Å². The number of fused-ring (bicyclic) bond motifs is 3. The molecule has 1 aromatic rings. The van der Waals surface area contributed by atoms with Crippen LogP contribution in [-0.2, 0) is 35.2 Å². The Kier molecular flexibility index (Phi) is 7.73. The van der Waals surface area contributed by atoms with Crippen LogP contribution in [0, 0.1) is 23.7 Å². The van der Waals surface area contributed by atoms with Gasteiger partial charge in [-0.15, -0.1) is 0 Å². The summed E-state index contributed by atoms with van der Waals surface area (Å²) in [5, 5.41) is 37.5. The fourth-order valence-electron chi connectivity index (χ4n) is 6.99. The minimum absolute atomic E-state index is 0.00290. The molecule has 14 nitrogen and oxygen atoms in total. The number of aromatic hydroxyl groups is 1. The zero-order valence-corrected chi connectivity index (χ0v) is 23.7. The molecule has 4 aliphatic rings. The number of nitrogens with one attached hydrogen (secondary N) is 2. The standard InChI is InChI=1S/C29H34N4O10/c1-33(2)21-14-10-12-9-11-3-6-15(32-28(42)16(7-8-17(34)35)31-13-4-5-13)22(36)18(11)23(37)19(12)25(39)29(14,43)26(40)20(24(21)38)27(30)41/h3,6,12-14,16,19-21,31,36,43H,4-5,7-10H2,1-2H3,(H2,30,41)(H,32,42)(H,34,35)/t12?,14?,16?,19?,20?,21-,29-/m0/s1. The molecule has 0 aromatic heterocycles. The van der Waals surface area contributed by atoms with E-state index in [4.69, 9.17) is 10.8 Å². The number of primary amides is 1. The molecule has 230 valence electrons. The van der Waals surface area contributed by atoms with E-state index in [0.717, 1.165) is 12.8 Å². The van der Waals surface area contributed by atoms with Crippen molar-refractivity contribution in [2.75, 3.05) is 19.4 Å². The average Bonchev–Trinajstić information content (AvgIpc) is 3.74. The van der Waals surface area contributed by atoms with Crippen molar-refractivity contribution >= 4 is 46.6 Å². The zero-order valence-electron chi connectivity index (χ0n) is 23.7. The third-order valence-electron chi connectivity index (χ3n) is 9.17. The molecule has 43 heavy (non-hydrogen) atoms. The Labute approximate surface area is 246 Å². The lowest BCUT2D eigenvalue weighted by molar-refractivity contribution is -0.181. The van der Waals surface area contributed by atoms with E-state index in [-0.39, 0.29) is 43.0 Å². The average molecular weight is 599 g/mol. The number of amides is 2. The number of nitrogens with zero attached hydrogens (tertiary/aromatic N) is 1. The van der Waals surface area contributed by atoms with Gasteiger partial charge >= 0.3 is 5.97 Å². The van der Waals surface area contributed by atoms with Crippen molar-refractivity contribution in [3.63, 3.8) is 0 Å². The summed E-state index contributed by atoms with van der Waals surface area (Å²) in [6.07, 6.45) is 1.43. The fourth-order valence-corrected chi connectivity index (χ4v) is 6.99. The van der Waals surface area contributed by atoms with E-state index in [1.165, 1.54) is 31.1 Å². The van der Waals surface area contributed by atoms with Crippen LogP contribution >= 0.6 is 0 Å². The predicted octanol–water partition coefficient (Wildman–Crippen LogP) is -1.21. The molecule has 7 atom stereocenters. The van der Waals surface area contributed by atoms with E-state index >= 15 is 0 Å². The molecule has 14 heteroatoms. The van der Waals surface area contributed by atoms with E-state index in [1.807, 2.05) is 0 Å². The molecule has 0 saturated heterocycles. The summed E-state index contributed by atoms with van der Waals surface area (Å²) in [6.45, 7) is 0. The Bertz CT molecular complexity index is 1450. The number of hydrogen-bond acceptors (Lipinski definition) is 11. The summed E-state index contributed by atoms with van der Waals surface area (Å²) < 4.78 is 0. The lowest BCUT2D eigenvalue weighted by Gasteiger charge is -2.52. The molecule has 5 rings (SSSR count). The van der Waals surface area contributed by atoms with Crippen LogP contribution in [-0.4, -0.2) is 99.0 Å². The third-order valence-corrected chi connectivity index (χ3v) is 9.17. The highest BCUT2D eigenvalue weighted by Gasteiger charge is 2.69. The second-order valence-electron chi connectivity index (χ2n) is 12.2. The maximum Gasteiger partial charge on any atom is 0.303 e. The Morgan fingerprint density at radius 1 is 1.12 bits per heavy atom. The van der Waals surface area contributed by atoms with Crippen molar-refractivity contribution in [1.82, 2.24) is 10.2 Å². The van der Waals surface area contributed by atoms with Gasteiger partial charge in [0, 0.05) is 18.4 Å². The van der Waals surface area contributed by atoms with Gasteiger partial charge in [-0.1, -0.05) is 6.07 Å². The SMILES string of the molecule is CN(C)[C@@H]1C(=O)C(C(N)=O)C(=O)[C@@]2(O)C(=O)C3C(=O)c4c(ccc(NC(=O)C(CCC(=O)O)NC5CC5)c4O)CC3CC12. The van der Waals surface area contributed by atoms with Crippen molar-refractivity contribution in [3.05, 3.63) is 23.3 Å². The molecule has 2 amide bonds. The molecule has 0 radical (unpaired) electrons. The van der Waals surface area contributed by atoms with Crippen molar-refractivity contribution in [2.45, 2.75) is 62.3 Å². The number of carbonyl (C=O) groups excluding carboxylic acids is 6. The second-order valence-corrected chi connectivity index (χ2v) is 12.2. The minimum Gasteiger partial charge on any atom is -0.505 e.